The van der Waals surface area contributed by atoms with Crippen LogP contribution in [-0.4, -0.2) is 35.2 Å². The summed E-state index contributed by atoms with van der Waals surface area (Å²) in [6, 6.07) is 7.88. The van der Waals surface area contributed by atoms with Gasteiger partial charge in [0.05, 0.1) is 10.5 Å². The highest BCUT2D eigenvalue weighted by Gasteiger charge is 2.44. The first-order chi connectivity index (χ1) is 14.0. The molecule has 1 aliphatic rings. The first-order valence-electron chi connectivity index (χ1n) is 8.66. The van der Waals surface area contributed by atoms with Gasteiger partial charge in [-0.2, -0.15) is 13.2 Å². The number of amides is 2. The van der Waals surface area contributed by atoms with Gasteiger partial charge in [-0.1, -0.05) is 23.7 Å². The number of nitrogens with one attached hydrogen (secondary N) is 1. The molecule has 2 aromatic rings. The van der Waals surface area contributed by atoms with Crippen molar-refractivity contribution < 1.29 is 27.7 Å². The molecule has 0 bridgehead atoms. The monoisotopic (exact) mass is 441 g/mol. The fourth-order valence-electron chi connectivity index (χ4n) is 3.38. The molecule has 1 saturated heterocycles. The van der Waals surface area contributed by atoms with Crippen LogP contribution in [0, 0.1) is 16.0 Å². The molecular formula is C19H15ClF3N3O4. The molecule has 2 amide bonds. The number of nitrogens with zero attached hydrogens (tertiary/aromatic N) is 2. The Morgan fingerprint density at radius 3 is 2.43 bits per heavy atom. The number of alkyl halides is 3. The summed E-state index contributed by atoms with van der Waals surface area (Å²) < 4.78 is 38.4. The van der Waals surface area contributed by atoms with Crippen molar-refractivity contribution in [3.8, 4) is 0 Å². The first-order valence-corrected chi connectivity index (χ1v) is 9.03. The van der Waals surface area contributed by atoms with E-state index in [2.05, 4.69) is 5.32 Å². The van der Waals surface area contributed by atoms with Gasteiger partial charge in [-0.15, -0.1) is 0 Å². The van der Waals surface area contributed by atoms with Crippen molar-refractivity contribution >= 4 is 34.8 Å². The molecule has 0 aromatic heterocycles. The molecule has 0 spiro atoms. The van der Waals surface area contributed by atoms with Gasteiger partial charge in [0.2, 0.25) is 11.8 Å². The normalized spacial score (nSPS) is 19.1. The molecule has 1 heterocycles. The number of anilines is 1. The number of hydrogen-bond acceptors (Lipinski definition) is 4. The summed E-state index contributed by atoms with van der Waals surface area (Å²) in [4.78, 5) is 37.2. The lowest BCUT2D eigenvalue weighted by molar-refractivity contribution is -0.383. The average Bonchev–Trinajstić information content (AvgIpc) is 2.97. The molecular weight excluding hydrogens is 427 g/mol. The van der Waals surface area contributed by atoms with Crippen LogP contribution < -0.4 is 5.32 Å². The molecule has 11 heteroatoms. The van der Waals surface area contributed by atoms with Crippen LogP contribution >= 0.6 is 11.6 Å². The summed E-state index contributed by atoms with van der Waals surface area (Å²) in [6.45, 7) is 0.116. The maximum atomic E-state index is 12.8. The number of nitro groups is 1. The summed E-state index contributed by atoms with van der Waals surface area (Å²) >= 11 is 5.76. The van der Waals surface area contributed by atoms with Gasteiger partial charge in [0.25, 0.3) is 5.69 Å². The van der Waals surface area contributed by atoms with Crippen LogP contribution in [0.25, 0.3) is 0 Å². The first kappa shape index (κ1) is 21.6. The van der Waals surface area contributed by atoms with E-state index >= 15 is 0 Å². The van der Waals surface area contributed by atoms with Crippen molar-refractivity contribution in [2.75, 3.05) is 18.9 Å². The van der Waals surface area contributed by atoms with Crippen LogP contribution in [0.4, 0.5) is 24.5 Å². The van der Waals surface area contributed by atoms with Gasteiger partial charge in [0.1, 0.15) is 11.6 Å². The zero-order valence-electron chi connectivity index (χ0n) is 15.4. The molecule has 7 nitrogen and oxygen atoms in total. The van der Waals surface area contributed by atoms with Crippen LogP contribution in [-0.2, 0) is 15.8 Å². The highest BCUT2D eigenvalue weighted by molar-refractivity contribution is 6.31. The van der Waals surface area contributed by atoms with Crippen molar-refractivity contribution in [1.29, 1.82) is 0 Å². The largest absolute Gasteiger partial charge is 0.416 e. The van der Waals surface area contributed by atoms with Crippen molar-refractivity contribution in [3.63, 3.8) is 0 Å². The van der Waals surface area contributed by atoms with E-state index in [0.29, 0.717) is 5.56 Å². The number of likely N-dealkylation sites (tertiary alicyclic amines) is 1. The SMILES string of the molecule is CN1C[C@H](c2ccc(C(F)(F)F)cc2)[C@@H](C(=O)Nc2ccc(Cl)cc2[N+](=O)[O-])C1=O. The summed E-state index contributed by atoms with van der Waals surface area (Å²) in [5.74, 6) is -3.29. The third-order valence-corrected chi connectivity index (χ3v) is 5.11. The number of hydrogen-bond donors (Lipinski definition) is 1. The molecule has 0 aliphatic carbocycles. The van der Waals surface area contributed by atoms with Gasteiger partial charge in [0.15, 0.2) is 0 Å². The molecule has 2 aromatic carbocycles. The van der Waals surface area contributed by atoms with Crippen molar-refractivity contribution in [2.45, 2.75) is 12.1 Å². The molecule has 3 rings (SSSR count). The number of carbonyl (C=O) groups excluding carboxylic acids is 2. The summed E-state index contributed by atoms with van der Waals surface area (Å²) in [7, 11) is 1.47. The summed E-state index contributed by atoms with van der Waals surface area (Å²) in [6.07, 6.45) is -4.51. The van der Waals surface area contributed by atoms with E-state index in [1.165, 1.54) is 36.2 Å². The predicted molar refractivity (Wildman–Crippen MR) is 102 cm³/mol. The van der Waals surface area contributed by atoms with Gasteiger partial charge < -0.3 is 10.2 Å². The minimum absolute atomic E-state index is 0.0963. The molecule has 0 saturated carbocycles. The van der Waals surface area contributed by atoms with Gasteiger partial charge >= 0.3 is 6.18 Å². The standard InChI is InChI=1S/C19H15ClF3N3O4/c1-25-9-13(10-2-4-11(5-3-10)19(21,22)23)16(18(25)28)17(27)24-14-7-6-12(20)8-15(14)26(29)30/h2-8,13,16H,9H2,1H3,(H,24,27)/t13-,16+/m1/s1. The lowest BCUT2D eigenvalue weighted by Gasteiger charge is -2.18. The van der Waals surface area contributed by atoms with E-state index in [0.717, 1.165) is 18.2 Å². The van der Waals surface area contributed by atoms with E-state index in [1.807, 2.05) is 0 Å². The van der Waals surface area contributed by atoms with Gasteiger partial charge in [-0.05, 0) is 29.8 Å². The molecule has 0 unspecified atom stereocenters. The number of likely N-dealkylation sites (N-methyl/N-ethyl adjacent to an activating group) is 1. The zero-order chi connectivity index (χ0) is 22.2. The Balaban J connectivity index is 1.90. The Kier molecular flexibility index (Phi) is 5.71. The van der Waals surface area contributed by atoms with E-state index in [4.69, 9.17) is 11.6 Å². The predicted octanol–water partition coefficient (Wildman–Crippen LogP) is 4.08. The Bertz CT molecular complexity index is 1010. The van der Waals surface area contributed by atoms with Crippen molar-refractivity contribution in [3.05, 3.63) is 68.7 Å². The molecule has 158 valence electrons. The Morgan fingerprint density at radius 1 is 1.23 bits per heavy atom. The second kappa shape index (κ2) is 7.94. The van der Waals surface area contributed by atoms with Crippen LogP contribution in [0.15, 0.2) is 42.5 Å². The minimum atomic E-state index is -4.51. The molecule has 0 radical (unpaired) electrons. The third-order valence-electron chi connectivity index (χ3n) is 4.88. The Morgan fingerprint density at radius 2 is 1.87 bits per heavy atom. The number of carbonyl (C=O) groups is 2. The van der Waals surface area contributed by atoms with Crippen LogP contribution in [0.5, 0.6) is 0 Å². The van der Waals surface area contributed by atoms with Gasteiger partial charge in [-0.25, -0.2) is 0 Å². The maximum Gasteiger partial charge on any atom is 0.416 e. The Labute approximate surface area is 173 Å². The highest BCUT2D eigenvalue weighted by Crippen LogP contribution is 2.37. The minimum Gasteiger partial charge on any atom is -0.344 e. The van der Waals surface area contributed by atoms with E-state index in [-0.39, 0.29) is 17.3 Å². The molecule has 1 N–H and O–H groups in total. The molecule has 30 heavy (non-hydrogen) atoms. The van der Waals surface area contributed by atoms with E-state index in [9.17, 15) is 32.9 Å². The summed E-state index contributed by atoms with van der Waals surface area (Å²) in [5.41, 5.74) is -1.04. The van der Waals surface area contributed by atoms with Crippen LogP contribution in [0.1, 0.15) is 17.0 Å². The lowest BCUT2D eigenvalue weighted by Crippen LogP contribution is -2.32. The molecule has 1 fully saturated rings. The van der Waals surface area contributed by atoms with Crippen LogP contribution in [0.2, 0.25) is 5.02 Å². The quantitative estimate of drug-likeness (QED) is 0.439. The number of benzene rings is 2. The average molecular weight is 442 g/mol. The van der Waals surface area contributed by atoms with Gasteiger partial charge in [0, 0.05) is 30.6 Å². The van der Waals surface area contributed by atoms with Crippen molar-refractivity contribution in [1.82, 2.24) is 4.90 Å². The van der Waals surface area contributed by atoms with Crippen molar-refractivity contribution in [2.24, 2.45) is 5.92 Å². The zero-order valence-corrected chi connectivity index (χ0v) is 16.2. The van der Waals surface area contributed by atoms with E-state index in [1.54, 1.807) is 0 Å². The Hall–Kier alpha value is -3.14. The highest BCUT2D eigenvalue weighted by atomic mass is 35.5. The molecule has 1 aliphatic heterocycles. The van der Waals surface area contributed by atoms with Gasteiger partial charge in [-0.3, -0.25) is 19.7 Å². The topological polar surface area (TPSA) is 92.6 Å². The smallest absolute Gasteiger partial charge is 0.344 e. The maximum absolute atomic E-state index is 12.8. The number of rotatable bonds is 4. The second-order valence-corrected chi connectivity index (χ2v) is 7.27. The van der Waals surface area contributed by atoms with E-state index < -0.39 is 46.0 Å². The fraction of sp³-hybridized carbons (Fsp3) is 0.263. The van der Waals surface area contributed by atoms with Crippen LogP contribution in [0.3, 0.4) is 0 Å². The third kappa shape index (κ3) is 4.23. The summed E-state index contributed by atoms with van der Waals surface area (Å²) in [5, 5.41) is 13.7. The number of nitro benzene ring substituents is 1. The fourth-order valence-corrected chi connectivity index (χ4v) is 3.55. The lowest BCUT2D eigenvalue weighted by atomic mass is 9.87. The number of halogens is 4. The second-order valence-electron chi connectivity index (χ2n) is 6.83. The molecule has 2 atom stereocenters.